The number of hydrogen-bond acceptors (Lipinski definition) is 5. The number of carbonyl (C=O) groups excluding carboxylic acids is 1. The third kappa shape index (κ3) is 5.19. The molecular formula is C21H25F2N3O4S. The normalized spacial score (nSPS) is 16.3. The summed E-state index contributed by atoms with van der Waals surface area (Å²) in [5, 5.41) is 6.61. The van der Waals surface area contributed by atoms with Crippen molar-refractivity contribution in [1.82, 2.24) is 14.8 Å². The average molecular weight is 454 g/mol. The van der Waals surface area contributed by atoms with E-state index in [1.54, 1.807) is 0 Å². The number of halogens is 2. The number of benzene rings is 1. The third-order valence-electron chi connectivity index (χ3n) is 5.06. The first kappa shape index (κ1) is 23.1. The van der Waals surface area contributed by atoms with Gasteiger partial charge >= 0.3 is 0 Å². The second-order valence-corrected chi connectivity index (χ2v) is 9.68. The van der Waals surface area contributed by atoms with Crippen LogP contribution in [0.2, 0.25) is 0 Å². The fourth-order valence-corrected chi connectivity index (χ4v) is 5.21. The minimum atomic E-state index is -3.93. The first-order chi connectivity index (χ1) is 14.6. The zero-order chi connectivity index (χ0) is 22.8. The van der Waals surface area contributed by atoms with E-state index in [0.717, 1.165) is 12.1 Å². The Kier molecular flexibility index (Phi) is 6.90. The van der Waals surface area contributed by atoms with Crippen molar-refractivity contribution in [3.8, 4) is 0 Å². The summed E-state index contributed by atoms with van der Waals surface area (Å²) in [6.45, 7) is 5.64. The Morgan fingerprint density at radius 2 is 1.94 bits per heavy atom. The maximum absolute atomic E-state index is 13.9. The van der Waals surface area contributed by atoms with Gasteiger partial charge < -0.3 is 9.84 Å². The molecule has 1 saturated heterocycles. The average Bonchev–Trinajstić information content (AvgIpc) is 3.08. The maximum atomic E-state index is 13.9. The summed E-state index contributed by atoms with van der Waals surface area (Å²) in [7, 11) is -3.93. The van der Waals surface area contributed by atoms with Crippen LogP contribution in [0, 0.1) is 24.5 Å². The van der Waals surface area contributed by atoms with Gasteiger partial charge in [0, 0.05) is 36.7 Å². The fraction of sp³-hybridized carbons (Fsp3) is 0.429. The zero-order valence-electron chi connectivity index (χ0n) is 17.6. The van der Waals surface area contributed by atoms with E-state index in [4.69, 9.17) is 4.52 Å². The van der Waals surface area contributed by atoms with Gasteiger partial charge in [0.05, 0.1) is 0 Å². The molecule has 0 saturated carbocycles. The van der Waals surface area contributed by atoms with E-state index in [1.807, 2.05) is 13.8 Å². The number of nitrogens with zero attached hydrogens (tertiary/aromatic N) is 2. The second kappa shape index (κ2) is 9.27. The SMILES string of the molecule is Cc1noc(C=Cc2ccc(F)cc2F)c1S(=O)(=O)N1CCC(C(=O)NC(C)C)CC1. The van der Waals surface area contributed by atoms with Gasteiger partial charge in [-0.15, -0.1) is 0 Å². The predicted octanol–water partition coefficient (Wildman–Crippen LogP) is 3.36. The van der Waals surface area contributed by atoms with Gasteiger partial charge in [-0.2, -0.15) is 4.31 Å². The minimum Gasteiger partial charge on any atom is -0.355 e. The molecule has 1 aliphatic heterocycles. The summed E-state index contributed by atoms with van der Waals surface area (Å²) in [6.07, 6.45) is 3.42. The molecule has 0 unspecified atom stereocenters. The van der Waals surface area contributed by atoms with E-state index in [0.29, 0.717) is 12.8 Å². The number of amides is 1. The molecule has 10 heteroatoms. The number of sulfonamides is 1. The standard InChI is InChI=1S/C21H25F2N3O4S/c1-13(2)24-21(27)16-8-10-26(11-9-16)31(28,29)20-14(3)25-30-19(20)7-5-15-4-6-17(22)12-18(15)23/h4-7,12-13,16H,8-11H2,1-3H3,(H,24,27). The molecule has 1 fully saturated rings. The van der Waals surface area contributed by atoms with Crippen molar-refractivity contribution in [2.24, 2.45) is 5.92 Å². The number of nitrogens with one attached hydrogen (secondary N) is 1. The van der Waals surface area contributed by atoms with Crippen LogP contribution in [-0.4, -0.2) is 42.9 Å². The Bertz CT molecular complexity index is 1090. The molecule has 1 amide bonds. The second-order valence-electron chi connectivity index (χ2n) is 7.80. The Balaban J connectivity index is 1.79. The highest BCUT2D eigenvalue weighted by Crippen LogP contribution is 2.29. The van der Waals surface area contributed by atoms with Crippen molar-refractivity contribution >= 4 is 28.1 Å². The van der Waals surface area contributed by atoms with Crippen molar-refractivity contribution in [1.29, 1.82) is 0 Å². The van der Waals surface area contributed by atoms with Crippen LogP contribution in [0.15, 0.2) is 27.6 Å². The Morgan fingerprint density at radius 3 is 2.55 bits per heavy atom. The van der Waals surface area contributed by atoms with Crippen LogP contribution in [0.1, 0.15) is 43.7 Å². The van der Waals surface area contributed by atoms with Crippen LogP contribution in [0.5, 0.6) is 0 Å². The number of rotatable bonds is 6. The van der Waals surface area contributed by atoms with Crippen LogP contribution in [0.3, 0.4) is 0 Å². The molecule has 2 heterocycles. The summed E-state index contributed by atoms with van der Waals surface area (Å²) in [5.74, 6) is -1.84. The summed E-state index contributed by atoms with van der Waals surface area (Å²) < 4.78 is 59.9. The lowest BCUT2D eigenvalue weighted by atomic mass is 9.97. The summed E-state index contributed by atoms with van der Waals surface area (Å²) in [5.41, 5.74) is 0.259. The van der Waals surface area contributed by atoms with Crippen molar-refractivity contribution in [3.05, 3.63) is 46.9 Å². The zero-order valence-corrected chi connectivity index (χ0v) is 18.4. The Labute approximate surface area is 180 Å². The number of carbonyl (C=O) groups is 1. The van der Waals surface area contributed by atoms with Gasteiger partial charge in [0.15, 0.2) is 10.7 Å². The first-order valence-electron chi connectivity index (χ1n) is 9.99. The molecule has 0 bridgehead atoms. The molecule has 31 heavy (non-hydrogen) atoms. The molecule has 1 aliphatic rings. The van der Waals surface area contributed by atoms with Crippen LogP contribution < -0.4 is 5.32 Å². The number of hydrogen-bond donors (Lipinski definition) is 1. The third-order valence-corrected chi connectivity index (χ3v) is 7.12. The lowest BCUT2D eigenvalue weighted by Gasteiger charge is -2.30. The van der Waals surface area contributed by atoms with E-state index in [1.165, 1.54) is 29.4 Å². The highest BCUT2D eigenvalue weighted by Gasteiger charge is 2.36. The van der Waals surface area contributed by atoms with Gasteiger partial charge in [-0.05, 0) is 57.9 Å². The predicted molar refractivity (Wildman–Crippen MR) is 111 cm³/mol. The monoisotopic (exact) mass is 453 g/mol. The maximum Gasteiger partial charge on any atom is 0.248 e. The highest BCUT2D eigenvalue weighted by molar-refractivity contribution is 7.89. The van der Waals surface area contributed by atoms with Gasteiger partial charge in [0.1, 0.15) is 17.3 Å². The molecular weight excluding hydrogens is 428 g/mol. The molecule has 1 aromatic heterocycles. The molecule has 0 aliphatic carbocycles. The number of aryl methyl sites for hydroxylation is 1. The molecule has 2 aromatic rings. The minimum absolute atomic E-state index is 0.0224. The topological polar surface area (TPSA) is 92.5 Å². The van der Waals surface area contributed by atoms with Crippen LogP contribution in [-0.2, 0) is 14.8 Å². The van der Waals surface area contributed by atoms with Gasteiger partial charge in [-0.3, -0.25) is 4.79 Å². The summed E-state index contributed by atoms with van der Waals surface area (Å²) >= 11 is 0. The fourth-order valence-electron chi connectivity index (χ4n) is 3.49. The summed E-state index contributed by atoms with van der Waals surface area (Å²) in [4.78, 5) is 12.1. The molecule has 7 nitrogen and oxygen atoms in total. The highest BCUT2D eigenvalue weighted by atomic mass is 32.2. The van der Waals surface area contributed by atoms with Crippen molar-refractivity contribution < 1.29 is 26.5 Å². The molecule has 3 rings (SSSR count). The van der Waals surface area contributed by atoms with Crippen molar-refractivity contribution in [2.75, 3.05) is 13.1 Å². The van der Waals surface area contributed by atoms with E-state index in [-0.39, 0.29) is 52.9 Å². The van der Waals surface area contributed by atoms with Crippen molar-refractivity contribution in [3.63, 3.8) is 0 Å². The van der Waals surface area contributed by atoms with Crippen molar-refractivity contribution in [2.45, 2.75) is 44.6 Å². The largest absolute Gasteiger partial charge is 0.355 e. The van der Waals surface area contributed by atoms with E-state index in [2.05, 4.69) is 10.5 Å². The van der Waals surface area contributed by atoms with Crippen LogP contribution in [0.4, 0.5) is 8.78 Å². The van der Waals surface area contributed by atoms with E-state index in [9.17, 15) is 22.0 Å². The summed E-state index contributed by atoms with van der Waals surface area (Å²) in [6, 6.07) is 3.11. The molecule has 168 valence electrons. The van der Waals surface area contributed by atoms with Gasteiger partial charge in [-0.25, -0.2) is 17.2 Å². The molecule has 0 spiro atoms. The Morgan fingerprint density at radius 1 is 1.26 bits per heavy atom. The molecule has 1 aromatic carbocycles. The lowest BCUT2D eigenvalue weighted by molar-refractivity contribution is -0.126. The number of aromatic nitrogens is 1. The quantitative estimate of drug-likeness (QED) is 0.724. The molecule has 0 radical (unpaired) electrons. The Hall–Kier alpha value is -2.59. The van der Waals surface area contributed by atoms with Gasteiger partial charge in [-0.1, -0.05) is 5.16 Å². The first-order valence-corrected chi connectivity index (χ1v) is 11.4. The number of piperidine rings is 1. The van der Waals surface area contributed by atoms with Crippen LogP contribution in [0.25, 0.3) is 12.2 Å². The van der Waals surface area contributed by atoms with Crippen LogP contribution >= 0.6 is 0 Å². The van der Waals surface area contributed by atoms with E-state index >= 15 is 0 Å². The molecule has 1 N–H and O–H groups in total. The lowest BCUT2D eigenvalue weighted by Crippen LogP contribution is -2.44. The molecule has 0 atom stereocenters. The van der Waals surface area contributed by atoms with E-state index < -0.39 is 21.7 Å². The van der Waals surface area contributed by atoms with Gasteiger partial charge in [0.25, 0.3) is 0 Å². The van der Waals surface area contributed by atoms with Gasteiger partial charge in [0.2, 0.25) is 15.9 Å². The smallest absolute Gasteiger partial charge is 0.248 e.